The Hall–Kier alpha value is -2.96. The maximum absolute atomic E-state index is 12.4. The second kappa shape index (κ2) is 6.88. The molecule has 0 aliphatic carbocycles. The van der Waals surface area contributed by atoms with Crippen molar-refractivity contribution in [3.8, 4) is 5.75 Å². The number of nitrogens with one attached hydrogen (secondary N) is 1. The summed E-state index contributed by atoms with van der Waals surface area (Å²) in [6, 6.07) is 7.67. The summed E-state index contributed by atoms with van der Waals surface area (Å²) in [7, 11) is 2.02. The highest BCUT2D eigenvalue weighted by Crippen LogP contribution is 2.31. The van der Waals surface area contributed by atoms with E-state index in [1.807, 2.05) is 25.2 Å². The van der Waals surface area contributed by atoms with E-state index >= 15 is 0 Å². The molecule has 132 valence electrons. The number of nitrogens with zero attached hydrogens (tertiary/aromatic N) is 2. The number of fused-ring (bicyclic) bond motifs is 1. The normalized spacial score (nSPS) is 13.1. The fourth-order valence-electron chi connectivity index (χ4n) is 2.85. The lowest BCUT2D eigenvalue weighted by Gasteiger charge is -2.28. The number of carbonyl (C=O) groups is 1. The highest BCUT2D eigenvalue weighted by atomic mass is 16.5. The summed E-state index contributed by atoms with van der Waals surface area (Å²) < 4.78 is 7.02. The van der Waals surface area contributed by atoms with Crippen molar-refractivity contribution in [2.75, 3.05) is 30.5 Å². The highest BCUT2D eigenvalue weighted by Gasteiger charge is 2.15. The van der Waals surface area contributed by atoms with Gasteiger partial charge in [-0.25, -0.2) is 4.68 Å². The van der Waals surface area contributed by atoms with E-state index in [1.165, 1.54) is 4.68 Å². The maximum atomic E-state index is 12.4. The van der Waals surface area contributed by atoms with Crippen molar-refractivity contribution in [2.24, 2.45) is 0 Å². The fraction of sp³-hybridized carbons (Fsp3) is 0.333. The van der Waals surface area contributed by atoms with Crippen LogP contribution >= 0.6 is 0 Å². The van der Waals surface area contributed by atoms with Gasteiger partial charge in [0.2, 0.25) is 0 Å². The van der Waals surface area contributed by atoms with Crippen LogP contribution in [0.1, 0.15) is 16.7 Å². The van der Waals surface area contributed by atoms with Gasteiger partial charge in [-0.15, -0.1) is 0 Å². The summed E-state index contributed by atoms with van der Waals surface area (Å²) in [6.45, 7) is 3.67. The predicted octanol–water partition coefficient (Wildman–Crippen LogP) is 1.36. The van der Waals surface area contributed by atoms with Crippen LogP contribution in [0.3, 0.4) is 0 Å². The molecule has 0 radical (unpaired) electrons. The lowest BCUT2D eigenvalue weighted by atomic mass is 10.1. The highest BCUT2D eigenvalue weighted by molar-refractivity contribution is 5.70. The Labute approximate surface area is 145 Å². The van der Waals surface area contributed by atoms with Gasteiger partial charge in [-0.2, -0.15) is 0 Å². The molecule has 1 aromatic heterocycles. The lowest BCUT2D eigenvalue weighted by molar-refractivity contribution is -0.136. The average Bonchev–Trinajstić information content (AvgIpc) is 2.58. The van der Waals surface area contributed by atoms with Crippen LogP contribution in [0.5, 0.6) is 5.75 Å². The van der Waals surface area contributed by atoms with E-state index in [-0.39, 0.29) is 17.5 Å². The summed E-state index contributed by atoms with van der Waals surface area (Å²) >= 11 is 0. The molecule has 0 saturated heterocycles. The predicted molar refractivity (Wildman–Crippen MR) is 95.1 cm³/mol. The van der Waals surface area contributed by atoms with Crippen LogP contribution in [-0.4, -0.2) is 36.0 Å². The van der Waals surface area contributed by atoms with Crippen molar-refractivity contribution in [3.05, 3.63) is 57.5 Å². The number of rotatable bonds is 5. The molecule has 0 fully saturated rings. The van der Waals surface area contributed by atoms with Crippen LogP contribution in [0.15, 0.2) is 35.3 Å². The number of anilines is 1. The molecule has 3 rings (SSSR count). The Morgan fingerprint density at radius 1 is 1.36 bits per heavy atom. The molecule has 1 aromatic carbocycles. The van der Waals surface area contributed by atoms with Crippen LogP contribution in [0, 0.1) is 6.92 Å². The molecule has 7 nitrogen and oxygen atoms in total. The molecule has 25 heavy (non-hydrogen) atoms. The first-order valence-electron chi connectivity index (χ1n) is 8.09. The Morgan fingerprint density at radius 2 is 2.16 bits per heavy atom. The molecule has 0 spiro atoms. The van der Waals surface area contributed by atoms with E-state index in [9.17, 15) is 9.59 Å². The molecule has 2 heterocycles. The molecule has 0 bridgehead atoms. The van der Waals surface area contributed by atoms with Gasteiger partial charge < -0.3 is 20.2 Å². The summed E-state index contributed by atoms with van der Waals surface area (Å²) in [5.74, 6) is -0.190. The molecule has 7 heteroatoms. The van der Waals surface area contributed by atoms with Gasteiger partial charge in [0, 0.05) is 18.8 Å². The Kier molecular flexibility index (Phi) is 4.65. The zero-order chi connectivity index (χ0) is 18.0. The fourth-order valence-corrected chi connectivity index (χ4v) is 2.85. The van der Waals surface area contributed by atoms with Crippen LogP contribution in [0.4, 0.5) is 5.69 Å². The molecule has 0 unspecified atom stereocenters. The second-order valence-corrected chi connectivity index (χ2v) is 6.13. The number of hydrogen-bond acceptors (Lipinski definition) is 5. The van der Waals surface area contributed by atoms with Gasteiger partial charge >= 0.3 is 5.97 Å². The molecule has 2 N–H and O–H groups in total. The number of hydrogen-bond donors (Lipinski definition) is 2. The topological polar surface area (TPSA) is 83.8 Å². The Morgan fingerprint density at radius 3 is 2.92 bits per heavy atom. The number of ether oxygens (including phenoxy) is 1. The Bertz CT molecular complexity index is 860. The third-order valence-electron chi connectivity index (χ3n) is 4.33. The van der Waals surface area contributed by atoms with Crippen LogP contribution in [-0.2, 0) is 17.8 Å². The van der Waals surface area contributed by atoms with Gasteiger partial charge in [-0.05, 0) is 36.2 Å². The minimum atomic E-state index is -1.02. The standard InChI is InChI=1S/C18H21N3O4/c1-12-5-6-21(18(24)14(12)10-17(22)23)19-11-13-3-4-15-16(9-13)25-8-7-20(15)2/h3-6,9,19H,7-8,10-11H2,1-2H3,(H,22,23). The van der Waals surface area contributed by atoms with Crippen molar-refractivity contribution in [1.29, 1.82) is 0 Å². The molecule has 0 atom stereocenters. The summed E-state index contributed by atoms with van der Waals surface area (Å²) in [5, 5.41) is 8.96. The maximum Gasteiger partial charge on any atom is 0.308 e. The number of likely N-dealkylation sites (N-methyl/N-ethyl adjacent to an activating group) is 1. The first kappa shape index (κ1) is 16.9. The minimum Gasteiger partial charge on any atom is -0.490 e. The number of aromatic nitrogens is 1. The van der Waals surface area contributed by atoms with Gasteiger partial charge in [-0.1, -0.05) is 6.07 Å². The zero-order valence-electron chi connectivity index (χ0n) is 14.3. The summed E-state index contributed by atoms with van der Waals surface area (Å²) in [5.41, 5.74) is 5.68. The third-order valence-corrected chi connectivity index (χ3v) is 4.33. The molecular formula is C18H21N3O4. The second-order valence-electron chi connectivity index (χ2n) is 6.13. The number of carboxylic acids is 1. The van der Waals surface area contributed by atoms with Crippen molar-refractivity contribution < 1.29 is 14.6 Å². The van der Waals surface area contributed by atoms with Crippen molar-refractivity contribution in [2.45, 2.75) is 19.9 Å². The van der Waals surface area contributed by atoms with Gasteiger partial charge in [0.25, 0.3) is 5.56 Å². The summed E-state index contributed by atoms with van der Waals surface area (Å²) in [4.78, 5) is 25.5. The monoisotopic (exact) mass is 343 g/mol. The zero-order valence-corrected chi connectivity index (χ0v) is 14.3. The van der Waals surface area contributed by atoms with E-state index in [0.29, 0.717) is 18.7 Å². The molecule has 1 aliphatic heterocycles. The quantitative estimate of drug-likeness (QED) is 0.853. The van der Waals surface area contributed by atoms with E-state index < -0.39 is 5.97 Å². The van der Waals surface area contributed by atoms with Crippen molar-refractivity contribution in [3.63, 3.8) is 0 Å². The van der Waals surface area contributed by atoms with Crippen LogP contribution < -0.4 is 20.6 Å². The number of benzene rings is 1. The molecule has 0 amide bonds. The third kappa shape index (κ3) is 3.60. The molecule has 1 aliphatic rings. The number of pyridine rings is 1. The average molecular weight is 343 g/mol. The van der Waals surface area contributed by atoms with Gasteiger partial charge in [-0.3, -0.25) is 9.59 Å². The van der Waals surface area contributed by atoms with E-state index in [0.717, 1.165) is 23.5 Å². The van der Waals surface area contributed by atoms with E-state index in [2.05, 4.69) is 10.3 Å². The number of aliphatic carboxylic acids is 1. The van der Waals surface area contributed by atoms with Crippen LogP contribution in [0.2, 0.25) is 0 Å². The smallest absolute Gasteiger partial charge is 0.308 e. The SMILES string of the molecule is Cc1ccn(NCc2ccc3c(c2)OCCN3C)c(=O)c1CC(=O)O. The number of carboxylic acid groups (broad SMARTS) is 1. The van der Waals surface area contributed by atoms with Gasteiger partial charge in [0.15, 0.2) is 0 Å². The van der Waals surface area contributed by atoms with E-state index in [1.54, 1.807) is 19.2 Å². The van der Waals surface area contributed by atoms with Crippen molar-refractivity contribution in [1.82, 2.24) is 4.68 Å². The van der Waals surface area contributed by atoms with E-state index in [4.69, 9.17) is 9.84 Å². The minimum absolute atomic E-state index is 0.286. The molecular weight excluding hydrogens is 322 g/mol. The first-order chi connectivity index (χ1) is 12.0. The van der Waals surface area contributed by atoms with Crippen LogP contribution in [0.25, 0.3) is 0 Å². The van der Waals surface area contributed by atoms with Crippen molar-refractivity contribution >= 4 is 11.7 Å². The van der Waals surface area contributed by atoms with Gasteiger partial charge in [0.05, 0.1) is 25.2 Å². The largest absolute Gasteiger partial charge is 0.490 e. The Balaban J connectivity index is 1.78. The lowest BCUT2D eigenvalue weighted by Crippen LogP contribution is -2.32. The summed E-state index contributed by atoms with van der Waals surface area (Å²) in [6.07, 6.45) is 1.33. The molecule has 0 saturated carbocycles. The van der Waals surface area contributed by atoms with Gasteiger partial charge in [0.1, 0.15) is 12.4 Å². The molecule has 2 aromatic rings. The first-order valence-corrected chi connectivity index (χ1v) is 8.09. The number of aryl methyl sites for hydroxylation is 1.